The molecule has 23 heavy (non-hydrogen) atoms. The molecule has 0 fully saturated rings. The highest BCUT2D eigenvalue weighted by Crippen LogP contribution is 2.26. The molecule has 0 saturated heterocycles. The van der Waals surface area contributed by atoms with E-state index < -0.39 is 0 Å². The fraction of sp³-hybridized carbons (Fsp3) is 0.412. The van der Waals surface area contributed by atoms with E-state index in [9.17, 15) is 0 Å². The molecule has 6 nitrogen and oxygen atoms in total. The van der Waals surface area contributed by atoms with E-state index >= 15 is 0 Å². The summed E-state index contributed by atoms with van der Waals surface area (Å²) >= 11 is 0. The third kappa shape index (κ3) is 3.90. The number of allylic oxidation sites excluding steroid dienone is 1. The van der Waals surface area contributed by atoms with Crippen LogP contribution in [0.15, 0.2) is 29.7 Å². The lowest BCUT2D eigenvalue weighted by molar-refractivity contribution is 0.794. The molecule has 0 amide bonds. The molecule has 0 aromatic carbocycles. The van der Waals surface area contributed by atoms with Gasteiger partial charge >= 0.3 is 0 Å². The maximum absolute atomic E-state index is 5.71. The number of nitrogens with one attached hydrogen (secondary N) is 2. The van der Waals surface area contributed by atoms with Gasteiger partial charge in [-0.3, -0.25) is 4.99 Å². The second kappa shape index (κ2) is 7.28. The van der Waals surface area contributed by atoms with Gasteiger partial charge in [0.15, 0.2) is 0 Å². The summed E-state index contributed by atoms with van der Waals surface area (Å²) in [5.74, 6) is 0.934. The molecule has 0 atom stereocenters. The Labute approximate surface area is 137 Å². The summed E-state index contributed by atoms with van der Waals surface area (Å²) in [6.45, 7) is 11.1. The average Bonchev–Trinajstić information content (AvgIpc) is 3.03. The Morgan fingerprint density at radius 1 is 1.48 bits per heavy atom. The molecule has 0 aliphatic heterocycles. The number of nitrogens with two attached hydrogens (primary N) is 1. The number of imidazole rings is 1. The molecule has 4 N–H and O–H groups in total. The van der Waals surface area contributed by atoms with Gasteiger partial charge in [0.05, 0.1) is 23.6 Å². The van der Waals surface area contributed by atoms with Crippen LogP contribution in [-0.4, -0.2) is 26.8 Å². The molecule has 2 aromatic heterocycles. The van der Waals surface area contributed by atoms with Crippen molar-refractivity contribution in [1.82, 2.24) is 14.5 Å². The number of H-pyrrole nitrogens is 1. The maximum atomic E-state index is 5.71. The van der Waals surface area contributed by atoms with E-state index in [0.29, 0.717) is 13.1 Å². The maximum Gasteiger partial charge on any atom is 0.130 e. The number of aliphatic imine (C=N–C) groups is 1. The molecular weight excluding hydrogens is 288 g/mol. The fourth-order valence-electron chi connectivity index (χ4n) is 2.50. The molecule has 0 radical (unpaired) electrons. The van der Waals surface area contributed by atoms with E-state index in [1.807, 2.05) is 31.7 Å². The first-order valence-electron chi connectivity index (χ1n) is 7.75. The van der Waals surface area contributed by atoms with Crippen LogP contribution in [0.5, 0.6) is 0 Å². The Morgan fingerprint density at radius 2 is 2.22 bits per heavy atom. The SMILES string of the molecule is C=C(C)Nc1c(C(C)=NCc2nccn2C)[nH]c(CCN)c1C. The molecule has 6 heteroatoms. The lowest BCUT2D eigenvalue weighted by atomic mass is 10.1. The zero-order chi connectivity index (χ0) is 17.0. The lowest BCUT2D eigenvalue weighted by Crippen LogP contribution is -2.05. The predicted octanol–water partition coefficient (Wildman–Crippen LogP) is 2.51. The van der Waals surface area contributed by atoms with Gasteiger partial charge < -0.3 is 20.6 Å². The first kappa shape index (κ1) is 17.0. The number of anilines is 1. The van der Waals surface area contributed by atoms with Crippen molar-refractivity contribution in [3.8, 4) is 0 Å². The summed E-state index contributed by atoms with van der Waals surface area (Å²) in [4.78, 5) is 12.4. The van der Waals surface area contributed by atoms with E-state index in [-0.39, 0.29) is 0 Å². The number of aromatic amines is 1. The smallest absolute Gasteiger partial charge is 0.130 e. The molecule has 0 saturated carbocycles. The van der Waals surface area contributed by atoms with Crippen LogP contribution in [0.2, 0.25) is 0 Å². The number of aryl methyl sites for hydroxylation is 1. The highest BCUT2D eigenvalue weighted by molar-refractivity contribution is 6.03. The average molecular weight is 314 g/mol. The molecule has 2 aromatic rings. The van der Waals surface area contributed by atoms with Crippen LogP contribution in [0.25, 0.3) is 0 Å². The Bertz CT molecular complexity index is 720. The highest BCUT2D eigenvalue weighted by Gasteiger charge is 2.16. The van der Waals surface area contributed by atoms with Crippen molar-refractivity contribution < 1.29 is 0 Å². The van der Waals surface area contributed by atoms with Crippen LogP contribution in [0.4, 0.5) is 5.69 Å². The van der Waals surface area contributed by atoms with E-state index in [1.165, 1.54) is 5.56 Å². The second-order valence-electron chi connectivity index (χ2n) is 5.78. The van der Waals surface area contributed by atoms with Crippen molar-refractivity contribution in [3.05, 3.63) is 47.4 Å². The quantitative estimate of drug-likeness (QED) is 0.687. The number of nitrogens with zero attached hydrogens (tertiary/aromatic N) is 3. The third-order valence-corrected chi connectivity index (χ3v) is 3.83. The summed E-state index contributed by atoms with van der Waals surface area (Å²) < 4.78 is 1.98. The molecular formula is C17H26N6. The summed E-state index contributed by atoms with van der Waals surface area (Å²) in [7, 11) is 1.97. The molecule has 0 aliphatic rings. The second-order valence-corrected chi connectivity index (χ2v) is 5.78. The monoisotopic (exact) mass is 314 g/mol. The van der Waals surface area contributed by atoms with Crippen LogP contribution in [0, 0.1) is 6.92 Å². The largest absolute Gasteiger partial charge is 0.358 e. The molecule has 0 aliphatic carbocycles. The van der Waals surface area contributed by atoms with Gasteiger partial charge in [0, 0.05) is 37.3 Å². The topological polar surface area (TPSA) is 84.0 Å². The Kier molecular flexibility index (Phi) is 5.39. The van der Waals surface area contributed by atoms with Crippen LogP contribution < -0.4 is 11.1 Å². The third-order valence-electron chi connectivity index (χ3n) is 3.83. The molecule has 124 valence electrons. The van der Waals surface area contributed by atoms with Crippen molar-refractivity contribution in [2.45, 2.75) is 33.7 Å². The van der Waals surface area contributed by atoms with Crippen molar-refractivity contribution in [1.29, 1.82) is 0 Å². The Morgan fingerprint density at radius 3 is 2.78 bits per heavy atom. The van der Waals surface area contributed by atoms with Crippen LogP contribution in [-0.2, 0) is 20.0 Å². The van der Waals surface area contributed by atoms with Crippen LogP contribution >= 0.6 is 0 Å². The van der Waals surface area contributed by atoms with Crippen LogP contribution in [0.1, 0.15) is 36.6 Å². The predicted molar refractivity (Wildman–Crippen MR) is 95.8 cm³/mol. The normalized spacial score (nSPS) is 11.8. The van der Waals surface area contributed by atoms with Gasteiger partial charge in [-0.15, -0.1) is 0 Å². The minimum atomic E-state index is 0.548. The molecule has 0 unspecified atom stereocenters. The number of aromatic nitrogens is 3. The Hall–Kier alpha value is -2.34. The van der Waals surface area contributed by atoms with E-state index in [2.05, 4.69) is 33.8 Å². The summed E-state index contributed by atoms with van der Waals surface area (Å²) in [6, 6.07) is 0. The minimum absolute atomic E-state index is 0.548. The summed E-state index contributed by atoms with van der Waals surface area (Å²) in [5.41, 5.74) is 11.9. The zero-order valence-corrected chi connectivity index (χ0v) is 14.4. The van der Waals surface area contributed by atoms with Gasteiger partial charge in [-0.2, -0.15) is 0 Å². The number of hydrogen-bond donors (Lipinski definition) is 3. The molecule has 2 rings (SSSR count). The van der Waals surface area contributed by atoms with Gasteiger partial charge in [0.1, 0.15) is 5.82 Å². The van der Waals surface area contributed by atoms with Crippen molar-refractivity contribution in [2.24, 2.45) is 17.8 Å². The van der Waals surface area contributed by atoms with Gasteiger partial charge in [-0.05, 0) is 32.9 Å². The molecule has 0 bridgehead atoms. The fourth-order valence-corrected chi connectivity index (χ4v) is 2.50. The van der Waals surface area contributed by atoms with Gasteiger partial charge in [-0.25, -0.2) is 4.98 Å². The molecule has 2 heterocycles. The summed E-state index contributed by atoms with van der Waals surface area (Å²) in [5, 5.41) is 3.34. The number of rotatable bonds is 7. The van der Waals surface area contributed by atoms with Gasteiger partial charge in [0.2, 0.25) is 0 Å². The van der Waals surface area contributed by atoms with Gasteiger partial charge in [0.25, 0.3) is 0 Å². The zero-order valence-electron chi connectivity index (χ0n) is 14.4. The van der Waals surface area contributed by atoms with Crippen molar-refractivity contribution >= 4 is 11.4 Å². The van der Waals surface area contributed by atoms with Crippen molar-refractivity contribution in [3.63, 3.8) is 0 Å². The minimum Gasteiger partial charge on any atom is -0.358 e. The number of hydrogen-bond acceptors (Lipinski definition) is 4. The summed E-state index contributed by atoms with van der Waals surface area (Å²) in [6.07, 6.45) is 4.52. The first-order valence-corrected chi connectivity index (χ1v) is 7.75. The van der Waals surface area contributed by atoms with Gasteiger partial charge in [-0.1, -0.05) is 6.58 Å². The van der Waals surface area contributed by atoms with E-state index in [4.69, 9.17) is 5.73 Å². The van der Waals surface area contributed by atoms with E-state index in [1.54, 1.807) is 6.20 Å². The van der Waals surface area contributed by atoms with Crippen molar-refractivity contribution in [2.75, 3.05) is 11.9 Å². The van der Waals surface area contributed by atoms with Crippen LogP contribution in [0.3, 0.4) is 0 Å². The Balaban J connectivity index is 2.33. The first-order chi connectivity index (χ1) is 10.9. The van der Waals surface area contributed by atoms with E-state index in [0.717, 1.165) is 40.7 Å². The lowest BCUT2D eigenvalue weighted by Gasteiger charge is -2.08. The molecule has 0 spiro atoms. The highest BCUT2D eigenvalue weighted by atomic mass is 15.1. The standard InChI is InChI=1S/C17H26N6/c1-11(2)21-16-12(3)14(6-7-18)22-17(16)13(4)20-10-15-19-8-9-23(15)5/h8-9,21-22H,1,6-7,10,18H2,2-5H3.